The monoisotopic (exact) mass is 532 g/mol. The molecular weight excluding hydrogens is 492 g/mol. The third kappa shape index (κ3) is 6.13. The molecule has 7 heteroatoms. The van der Waals surface area contributed by atoms with E-state index in [1.807, 2.05) is 31.7 Å². The van der Waals surface area contributed by atoms with Crippen LogP contribution in [0, 0.1) is 5.92 Å². The van der Waals surface area contributed by atoms with Gasteiger partial charge in [0.15, 0.2) is 0 Å². The number of hydrogen-bond donors (Lipinski definition) is 1. The molecule has 2 aromatic rings. The molecule has 2 amide bonds. The van der Waals surface area contributed by atoms with Crippen LogP contribution in [0.2, 0.25) is 0 Å². The Hall–Kier alpha value is -3.35. The van der Waals surface area contributed by atoms with Crippen LogP contribution in [0.3, 0.4) is 0 Å². The fraction of sp³-hybridized carbons (Fsp3) is 0.531. The highest BCUT2D eigenvalue weighted by atomic mass is 16.6. The Kier molecular flexibility index (Phi) is 7.70. The van der Waals surface area contributed by atoms with Gasteiger partial charge in [-0.2, -0.15) is 0 Å². The Bertz CT molecular complexity index is 1220. The molecule has 0 radical (unpaired) electrons. The lowest BCUT2D eigenvalue weighted by molar-refractivity contribution is -0.138. The minimum atomic E-state index is -0.689. The number of nitrogens with zero attached hydrogens (tertiary/aromatic N) is 2. The van der Waals surface area contributed by atoms with Crippen molar-refractivity contribution in [1.29, 1.82) is 0 Å². The molecule has 1 aliphatic carbocycles. The van der Waals surface area contributed by atoms with Crippen molar-refractivity contribution >= 4 is 23.7 Å². The summed E-state index contributed by atoms with van der Waals surface area (Å²) < 4.78 is 5.56. The predicted molar refractivity (Wildman–Crippen MR) is 151 cm³/mol. The number of carboxylic acids is 1. The van der Waals surface area contributed by atoms with E-state index < -0.39 is 23.7 Å². The van der Waals surface area contributed by atoms with Gasteiger partial charge in [0.1, 0.15) is 11.6 Å². The number of likely N-dealkylation sites (tertiary alicyclic amines) is 1. The molecule has 39 heavy (non-hydrogen) atoms. The van der Waals surface area contributed by atoms with Crippen molar-refractivity contribution in [3.05, 3.63) is 53.6 Å². The molecule has 1 atom stereocenters. The summed E-state index contributed by atoms with van der Waals surface area (Å²) in [5.74, 6) is 0.0997. The lowest BCUT2D eigenvalue weighted by Gasteiger charge is -2.30. The summed E-state index contributed by atoms with van der Waals surface area (Å²) in [6, 6.07) is 14.6. The molecule has 0 bridgehead atoms. The van der Waals surface area contributed by atoms with Gasteiger partial charge in [-0.1, -0.05) is 30.3 Å². The average molecular weight is 533 g/mol. The lowest BCUT2D eigenvalue weighted by atomic mass is 9.77. The minimum absolute atomic E-state index is 0.0210. The van der Waals surface area contributed by atoms with E-state index in [0.717, 1.165) is 60.9 Å². The van der Waals surface area contributed by atoms with Crippen molar-refractivity contribution in [2.75, 3.05) is 18.0 Å². The Morgan fingerprint density at radius 3 is 2.28 bits per heavy atom. The van der Waals surface area contributed by atoms with Crippen LogP contribution in [-0.2, 0) is 20.7 Å². The average Bonchev–Trinajstić information content (AvgIpc) is 3.55. The molecule has 2 aliphatic heterocycles. The van der Waals surface area contributed by atoms with Gasteiger partial charge in [0, 0.05) is 25.2 Å². The molecule has 0 unspecified atom stereocenters. The van der Waals surface area contributed by atoms with E-state index >= 15 is 0 Å². The number of ether oxygens (including phenoxy) is 1. The Labute approximate surface area is 231 Å². The summed E-state index contributed by atoms with van der Waals surface area (Å²) >= 11 is 0. The zero-order valence-electron chi connectivity index (χ0n) is 23.3. The fourth-order valence-electron chi connectivity index (χ4n) is 6.45. The van der Waals surface area contributed by atoms with E-state index in [2.05, 4.69) is 36.4 Å². The third-order valence-electron chi connectivity index (χ3n) is 8.43. The first-order chi connectivity index (χ1) is 18.6. The molecule has 3 aliphatic rings. The lowest BCUT2D eigenvalue weighted by Crippen LogP contribution is -2.48. The number of amides is 2. The molecule has 0 aromatic heterocycles. The summed E-state index contributed by atoms with van der Waals surface area (Å²) in [5.41, 5.74) is 5.12. The van der Waals surface area contributed by atoms with Crippen LogP contribution in [-0.4, -0.2) is 52.7 Å². The summed E-state index contributed by atoms with van der Waals surface area (Å²) in [4.78, 5) is 40.7. The number of carbonyl (C=O) groups excluding carboxylic acids is 2. The highest BCUT2D eigenvalue weighted by molar-refractivity contribution is 6.00. The van der Waals surface area contributed by atoms with Gasteiger partial charge in [0.2, 0.25) is 5.91 Å². The SMILES string of the molecule is CC(C)(C)OC(=O)N1CCC[C@H]1C(=O)N1CCc2cc(-c3ccc(C4CCC(CC(=O)O)CC4)cc3)ccc21. The third-order valence-corrected chi connectivity index (χ3v) is 8.43. The van der Waals surface area contributed by atoms with E-state index in [1.165, 1.54) is 5.56 Å². The summed E-state index contributed by atoms with van der Waals surface area (Å²) in [7, 11) is 0. The van der Waals surface area contributed by atoms with Crippen LogP contribution in [0.1, 0.15) is 82.8 Å². The van der Waals surface area contributed by atoms with Gasteiger partial charge in [0.25, 0.3) is 0 Å². The van der Waals surface area contributed by atoms with Crippen LogP contribution < -0.4 is 4.90 Å². The molecule has 1 saturated carbocycles. The maximum absolute atomic E-state index is 13.6. The maximum atomic E-state index is 13.6. The number of carbonyl (C=O) groups is 3. The second-order valence-electron chi connectivity index (χ2n) is 12.4. The van der Waals surface area contributed by atoms with E-state index in [9.17, 15) is 14.4 Å². The molecule has 2 aromatic carbocycles. The molecule has 7 nitrogen and oxygen atoms in total. The van der Waals surface area contributed by atoms with Gasteiger partial charge in [-0.15, -0.1) is 0 Å². The first-order valence-corrected chi connectivity index (χ1v) is 14.3. The first-order valence-electron chi connectivity index (χ1n) is 14.3. The van der Waals surface area contributed by atoms with Gasteiger partial charge in [0.05, 0.1) is 0 Å². The van der Waals surface area contributed by atoms with Gasteiger partial charge < -0.3 is 14.7 Å². The van der Waals surface area contributed by atoms with E-state index in [1.54, 1.807) is 4.90 Å². The van der Waals surface area contributed by atoms with E-state index in [0.29, 0.717) is 31.3 Å². The van der Waals surface area contributed by atoms with Crippen molar-refractivity contribution in [1.82, 2.24) is 4.90 Å². The standard InChI is InChI=1S/C32H40N2O5/c1-32(2,3)39-31(38)34-17-4-5-28(34)30(37)33-18-16-26-20-25(14-15-27(26)33)24-12-10-23(11-13-24)22-8-6-21(7-9-22)19-29(35)36/h10-15,20-22,28H,4-9,16-19H2,1-3H3,(H,35,36)/t21?,22?,28-/m0/s1. The zero-order valence-corrected chi connectivity index (χ0v) is 23.3. The van der Waals surface area contributed by atoms with Crippen molar-refractivity contribution in [3.63, 3.8) is 0 Å². The van der Waals surface area contributed by atoms with E-state index in [4.69, 9.17) is 9.84 Å². The Morgan fingerprint density at radius 2 is 1.62 bits per heavy atom. The van der Waals surface area contributed by atoms with Gasteiger partial charge in [-0.05, 0) is 112 Å². The maximum Gasteiger partial charge on any atom is 0.410 e. The molecule has 0 spiro atoms. The highest BCUT2D eigenvalue weighted by Crippen LogP contribution is 2.39. The summed E-state index contributed by atoms with van der Waals surface area (Å²) in [6.07, 6.45) is 6.19. The van der Waals surface area contributed by atoms with Gasteiger partial charge in [-0.3, -0.25) is 14.5 Å². The van der Waals surface area contributed by atoms with Crippen molar-refractivity contribution in [2.45, 2.75) is 89.7 Å². The molecule has 1 saturated heterocycles. The second kappa shape index (κ2) is 11.0. The highest BCUT2D eigenvalue weighted by Gasteiger charge is 2.40. The molecule has 1 N–H and O–H groups in total. The molecule has 208 valence electrons. The number of aliphatic carboxylic acids is 1. The summed E-state index contributed by atoms with van der Waals surface area (Å²) in [6.45, 7) is 6.70. The Morgan fingerprint density at radius 1 is 0.923 bits per heavy atom. The fourth-order valence-corrected chi connectivity index (χ4v) is 6.45. The molecule has 2 heterocycles. The molecule has 5 rings (SSSR count). The van der Waals surface area contributed by atoms with Crippen molar-refractivity contribution in [3.8, 4) is 11.1 Å². The number of benzene rings is 2. The first kappa shape index (κ1) is 27.2. The van der Waals surface area contributed by atoms with Gasteiger partial charge >= 0.3 is 12.1 Å². The Balaban J connectivity index is 1.24. The number of hydrogen-bond acceptors (Lipinski definition) is 4. The van der Waals surface area contributed by atoms with Crippen LogP contribution in [0.5, 0.6) is 0 Å². The summed E-state index contributed by atoms with van der Waals surface area (Å²) in [5, 5.41) is 9.06. The van der Waals surface area contributed by atoms with Crippen LogP contribution in [0.25, 0.3) is 11.1 Å². The predicted octanol–water partition coefficient (Wildman–Crippen LogP) is 6.39. The smallest absolute Gasteiger partial charge is 0.410 e. The van der Waals surface area contributed by atoms with Crippen LogP contribution in [0.15, 0.2) is 42.5 Å². The quantitative estimate of drug-likeness (QED) is 0.482. The van der Waals surface area contributed by atoms with E-state index in [-0.39, 0.29) is 12.3 Å². The van der Waals surface area contributed by atoms with Crippen molar-refractivity contribution < 1.29 is 24.2 Å². The normalized spacial score (nSPS) is 23.0. The van der Waals surface area contributed by atoms with Crippen molar-refractivity contribution in [2.24, 2.45) is 5.92 Å². The number of rotatable bonds is 5. The largest absolute Gasteiger partial charge is 0.481 e. The second-order valence-corrected chi connectivity index (χ2v) is 12.4. The zero-order chi connectivity index (χ0) is 27.7. The topological polar surface area (TPSA) is 87.2 Å². The van der Waals surface area contributed by atoms with Crippen LogP contribution >= 0.6 is 0 Å². The minimum Gasteiger partial charge on any atom is -0.481 e. The molecular formula is C32H40N2O5. The number of carboxylic acid groups (broad SMARTS) is 1. The van der Waals surface area contributed by atoms with Gasteiger partial charge in [-0.25, -0.2) is 4.79 Å². The molecule has 2 fully saturated rings. The number of fused-ring (bicyclic) bond motifs is 1. The number of anilines is 1. The van der Waals surface area contributed by atoms with Crippen LogP contribution in [0.4, 0.5) is 10.5 Å².